The quantitative estimate of drug-likeness (QED) is 0.478. The van der Waals surface area contributed by atoms with Crippen LogP contribution >= 0.6 is 11.3 Å². The highest BCUT2D eigenvalue weighted by molar-refractivity contribution is 7.09. The number of anilines is 2. The number of amides is 1. The molecule has 1 aromatic carbocycles. The van der Waals surface area contributed by atoms with Crippen LogP contribution in [-0.4, -0.2) is 109 Å². The number of nitrogens with zero attached hydrogens (tertiary/aromatic N) is 7. The number of morpholine rings is 1. The van der Waals surface area contributed by atoms with E-state index in [9.17, 15) is 9.90 Å². The second-order valence-corrected chi connectivity index (χ2v) is 11.7. The molecule has 3 saturated heterocycles. The number of aliphatic hydroxyl groups excluding tert-OH is 1. The molecule has 2 aromatic heterocycles. The molecular weight excluding hydrogens is 530 g/mol. The van der Waals surface area contributed by atoms with E-state index < -0.39 is 6.10 Å². The van der Waals surface area contributed by atoms with Gasteiger partial charge in [0, 0.05) is 74.7 Å². The molecule has 12 heteroatoms. The number of piperazine rings is 1. The van der Waals surface area contributed by atoms with Crippen LogP contribution < -0.4 is 9.80 Å². The summed E-state index contributed by atoms with van der Waals surface area (Å²) < 4.78 is 11.0. The first-order valence-corrected chi connectivity index (χ1v) is 15.0. The normalized spacial score (nSPS) is 21.6. The monoisotopic (exact) mass is 567 g/mol. The summed E-state index contributed by atoms with van der Waals surface area (Å²) in [7, 11) is 2.05. The van der Waals surface area contributed by atoms with E-state index in [0.717, 1.165) is 81.2 Å². The van der Waals surface area contributed by atoms with Gasteiger partial charge in [-0.05, 0) is 38.1 Å². The van der Waals surface area contributed by atoms with Crippen molar-refractivity contribution in [3.8, 4) is 0 Å². The average Bonchev–Trinajstić information content (AvgIpc) is 3.49. The summed E-state index contributed by atoms with van der Waals surface area (Å²) in [4.78, 5) is 34.8. The molecule has 40 heavy (non-hydrogen) atoms. The maximum Gasteiger partial charge on any atom is 0.410 e. The first-order valence-electron chi connectivity index (χ1n) is 14.1. The molecule has 3 fully saturated rings. The van der Waals surface area contributed by atoms with Crippen LogP contribution in [-0.2, 0) is 16.1 Å². The summed E-state index contributed by atoms with van der Waals surface area (Å²) in [5.74, 6) is 0.935. The number of benzene rings is 1. The number of aliphatic hydroxyl groups is 1. The van der Waals surface area contributed by atoms with Crippen LogP contribution in [0.15, 0.2) is 29.9 Å². The second kappa shape index (κ2) is 12.2. The van der Waals surface area contributed by atoms with Crippen LogP contribution in [0.3, 0.4) is 0 Å². The van der Waals surface area contributed by atoms with Crippen molar-refractivity contribution < 1.29 is 19.4 Å². The number of carbonyl (C=O) groups excluding carboxylic acids is 1. The van der Waals surface area contributed by atoms with Crippen LogP contribution in [0.5, 0.6) is 0 Å². The summed E-state index contributed by atoms with van der Waals surface area (Å²) in [6.45, 7) is 7.97. The highest BCUT2D eigenvalue weighted by atomic mass is 32.1. The standard InChI is InChI=1S/C28H37N7O4S/c1-32-7-9-34(10-8-32)28(37)39-17-21-18-40-27(31-21)25(36)20-3-2-6-35(16-20)26-23-5-4-22(15-24(23)29-19-30-26)33-11-13-38-14-12-33/h4-5,15,18-20,25,36H,2-3,6-14,16-17H2,1H3. The molecule has 0 aliphatic carbocycles. The Hall–Kier alpha value is -3.06. The molecule has 6 rings (SSSR count). The number of thiazole rings is 1. The highest BCUT2D eigenvalue weighted by Gasteiger charge is 2.30. The van der Waals surface area contributed by atoms with E-state index >= 15 is 0 Å². The Labute approximate surface area is 238 Å². The van der Waals surface area contributed by atoms with E-state index in [2.05, 4.69) is 47.9 Å². The Morgan fingerprint density at radius 1 is 1.12 bits per heavy atom. The molecule has 0 saturated carbocycles. The van der Waals surface area contributed by atoms with E-state index in [0.29, 0.717) is 30.3 Å². The molecule has 1 amide bonds. The third-order valence-electron chi connectivity index (χ3n) is 8.11. The van der Waals surface area contributed by atoms with E-state index in [4.69, 9.17) is 9.47 Å². The van der Waals surface area contributed by atoms with Gasteiger partial charge >= 0.3 is 6.09 Å². The predicted octanol–water partition coefficient (Wildman–Crippen LogP) is 2.76. The number of fused-ring (bicyclic) bond motifs is 1. The van der Waals surface area contributed by atoms with Gasteiger partial charge in [-0.25, -0.2) is 19.7 Å². The molecule has 3 aliphatic heterocycles. The fourth-order valence-electron chi connectivity index (χ4n) is 5.70. The molecule has 11 nitrogen and oxygen atoms in total. The Kier molecular flexibility index (Phi) is 8.28. The van der Waals surface area contributed by atoms with Crippen LogP contribution in [0.2, 0.25) is 0 Å². The lowest BCUT2D eigenvalue weighted by molar-refractivity contribution is 0.0756. The molecule has 2 atom stereocenters. The Balaban J connectivity index is 1.09. The summed E-state index contributed by atoms with van der Waals surface area (Å²) in [6.07, 6.45) is 2.52. The van der Waals surface area contributed by atoms with Gasteiger partial charge in [0.15, 0.2) is 0 Å². The lowest BCUT2D eigenvalue weighted by atomic mass is 9.92. The summed E-state index contributed by atoms with van der Waals surface area (Å²) in [5.41, 5.74) is 2.75. The minimum Gasteiger partial charge on any atom is -0.443 e. The zero-order valence-electron chi connectivity index (χ0n) is 22.9. The average molecular weight is 568 g/mol. The Bertz CT molecular complexity index is 1310. The first kappa shape index (κ1) is 27.1. The maximum atomic E-state index is 12.4. The molecule has 5 heterocycles. The van der Waals surface area contributed by atoms with E-state index in [1.807, 2.05) is 12.4 Å². The van der Waals surface area contributed by atoms with Crippen molar-refractivity contribution in [2.24, 2.45) is 5.92 Å². The molecule has 2 unspecified atom stereocenters. The van der Waals surface area contributed by atoms with Gasteiger partial charge in [-0.3, -0.25) is 0 Å². The number of ether oxygens (including phenoxy) is 2. The van der Waals surface area contributed by atoms with Gasteiger partial charge in [0.1, 0.15) is 29.9 Å². The van der Waals surface area contributed by atoms with Crippen molar-refractivity contribution in [1.82, 2.24) is 24.8 Å². The highest BCUT2D eigenvalue weighted by Crippen LogP contribution is 2.35. The molecule has 3 aliphatic rings. The van der Waals surface area contributed by atoms with Gasteiger partial charge in [0.2, 0.25) is 0 Å². The molecule has 3 aromatic rings. The van der Waals surface area contributed by atoms with Gasteiger partial charge in [-0.15, -0.1) is 11.3 Å². The van der Waals surface area contributed by atoms with Crippen LogP contribution in [0.4, 0.5) is 16.3 Å². The fraction of sp³-hybridized carbons (Fsp3) is 0.571. The van der Waals surface area contributed by atoms with Crippen molar-refractivity contribution in [2.75, 3.05) is 82.4 Å². The SMILES string of the molecule is CN1CCN(C(=O)OCc2csc(C(O)C3CCCN(c4ncnc5cc(N6CCOCC6)ccc45)C3)n2)CC1. The van der Waals surface area contributed by atoms with Crippen LogP contribution in [0.25, 0.3) is 10.9 Å². The summed E-state index contributed by atoms with van der Waals surface area (Å²) >= 11 is 1.42. The zero-order chi connectivity index (χ0) is 27.5. The molecule has 0 spiro atoms. The minimum atomic E-state index is -0.684. The number of hydrogen-bond donors (Lipinski definition) is 1. The maximum absolute atomic E-state index is 12.4. The number of aromatic nitrogens is 3. The van der Waals surface area contributed by atoms with Crippen molar-refractivity contribution >= 4 is 39.8 Å². The Morgan fingerprint density at radius 2 is 1.95 bits per heavy atom. The smallest absolute Gasteiger partial charge is 0.410 e. The number of hydrogen-bond acceptors (Lipinski definition) is 11. The van der Waals surface area contributed by atoms with Crippen LogP contribution in [0, 0.1) is 5.92 Å². The van der Waals surface area contributed by atoms with Crippen molar-refractivity contribution in [2.45, 2.75) is 25.6 Å². The van der Waals surface area contributed by atoms with Crippen LogP contribution in [0.1, 0.15) is 29.6 Å². The predicted molar refractivity (Wildman–Crippen MR) is 154 cm³/mol. The molecule has 0 bridgehead atoms. The van der Waals surface area contributed by atoms with Crippen molar-refractivity contribution in [3.63, 3.8) is 0 Å². The zero-order valence-corrected chi connectivity index (χ0v) is 23.8. The summed E-state index contributed by atoms with van der Waals surface area (Å²) in [5, 5.41) is 14.8. The van der Waals surface area contributed by atoms with E-state index in [1.54, 1.807) is 11.2 Å². The lowest BCUT2D eigenvalue weighted by Gasteiger charge is -2.35. The topological polar surface area (TPSA) is 107 Å². The third-order valence-corrected chi connectivity index (χ3v) is 9.07. The van der Waals surface area contributed by atoms with Gasteiger partial charge in [-0.2, -0.15) is 0 Å². The third kappa shape index (κ3) is 5.99. The lowest BCUT2D eigenvalue weighted by Crippen LogP contribution is -2.47. The first-order chi connectivity index (χ1) is 19.5. The number of likely N-dealkylation sites (N-methyl/N-ethyl adjacent to an activating group) is 1. The van der Waals surface area contributed by atoms with E-state index in [1.165, 1.54) is 11.3 Å². The fourth-order valence-corrected chi connectivity index (χ4v) is 6.58. The molecular formula is C28H37N7O4S. The van der Waals surface area contributed by atoms with Gasteiger partial charge in [-0.1, -0.05) is 0 Å². The number of carbonyl (C=O) groups is 1. The van der Waals surface area contributed by atoms with Crippen molar-refractivity contribution in [3.05, 3.63) is 40.6 Å². The largest absolute Gasteiger partial charge is 0.443 e. The second-order valence-electron chi connectivity index (χ2n) is 10.8. The number of piperidine rings is 1. The van der Waals surface area contributed by atoms with Gasteiger partial charge in [0.25, 0.3) is 0 Å². The molecule has 1 N–H and O–H groups in total. The van der Waals surface area contributed by atoms with Gasteiger partial charge < -0.3 is 34.2 Å². The van der Waals surface area contributed by atoms with E-state index in [-0.39, 0.29) is 18.6 Å². The Morgan fingerprint density at radius 3 is 2.77 bits per heavy atom. The van der Waals surface area contributed by atoms with Gasteiger partial charge in [0.05, 0.1) is 24.4 Å². The molecule has 0 radical (unpaired) electrons. The minimum absolute atomic E-state index is 0.0262. The molecule has 214 valence electrons. The van der Waals surface area contributed by atoms with Crippen molar-refractivity contribution in [1.29, 1.82) is 0 Å². The number of rotatable bonds is 6. The summed E-state index contributed by atoms with van der Waals surface area (Å²) in [6, 6.07) is 6.40.